The summed E-state index contributed by atoms with van der Waals surface area (Å²) in [6, 6.07) is 13.0. The molecule has 3 aromatic rings. The third kappa shape index (κ3) is 6.56. The average Bonchev–Trinajstić information content (AvgIpc) is 3.32. The van der Waals surface area contributed by atoms with Crippen molar-refractivity contribution in [3.63, 3.8) is 0 Å². The van der Waals surface area contributed by atoms with Gasteiger partial charge in [-0.05, 0) is 49.7 Å². The summed E-state index contributed by atoms with van der Waals surface area (Å²) < 4.78 is 29.4. The van der Waals surface area contributed by atoms with E-state index in [4.69, 9.17) is 5.73 Å². The lowest BCUT2D eigenvalue weighted by molar-refractivity contribution is -0.113. The first kappa shape index (κ1) is 28.4. The average molecular weight is 545 g/mol. The number of carbonyl (C=O) groups excluding carboxylic acids is 2. The van der Waals surface area contributed by atoms with Crippen molar-refractivity contribution in [3.05, 3.63) is 54.1 Å². The second-order valence-corrected chi connectivity index (χ2v) is 11.2. The maximum Gasteiger partial charge on any atom is 0.248 e. The molecule has 37 heavy (non-hydrogen) atoms. The minimum absolute atomic E-state index is 0.0138. The molecule has 1 heterocycles. The molecule has 1 atom stereocenters. The normalized spacial score (nSPS) is 12.5. The third-order valence-electron chi connectivity index (χ3n) is 5.92. The molecule has 0 aliphatic heterocycles. The third-order valence-corrected chi connectivity index (χ3v) is 8.91. The topological polar surface area (TPSA) is 140 Å². The quantitative estimate of drug-likeness (QED) is 0.331. The number of primary amides is 1. The van der Waals surface area contributed by atoms with Gasteiger partial charge in [0.05, 0.1) is 10.6 Å². The fourth-order valence-corrected chi connectivity index (χ4v) is 6.05. The molecule has 0 aliphatic carbocycles. The molecule has 10 nitrogen and oxygen atoms in total. The van der Waals surface area contributed by atoms with Crippen molar-refractivity contribution in [2.75, 3.05) is 24.2 Å². The van der Waals surface area contributed by atoms with Crippen LogP contribution in [0.4, 0.5) is 5.69 Å². The van der Waals surface area contributed by atoms with E-state index in [0.717, 1.165) is 6.42 Å². The largest absolute Gasteiger partial charge is 0.366 e. The van der Waals surface area contributed by atoms with E-state index in [0.29, 0.717) is 40.9 Å². The predicted molar refractivity (Wildman–Crippen MR) is 145 cm³/mol. The van der Waals surface area contributed by atoms with Crippen LogP contribution in [0.1, 0.15) is 50.5 Å². The van der Waals surface area contributed by atoms with Crippen molar-refractivity contribution in [2.45, 2.75) is 50.2 Å². The highest BCUT2D eigenvalue weighted by atomic mass is 32.2. The van der Waals surface area contributed by atoms with E-state index >= 15 is 0 Å². The highest BCUT2D eigenvalue weighted by Crippen LogP contribution is 2.30. The molecule has 0 fully saturated rings. The SMILES string of the molecule is CC[C@H](C)n1c(SCC(=O)Nc2ccc(C(N)=O)cc2)nnc1-c1cccc(S(=O)(=O)N(CC)CC)c1. The first-order valence-corrected chi connectivity index (χ1v) is 14.4. The van der Waals surface area contributed by atoms with Crippen molar-refractivity contribution in [2.24, 2.45) is 5.73 Å². The number of amides is 2. The lowest BCUT2D eigenvalue weighted by atomic mass is 10.2. The van der Waals surface area contributed by atoms with E-state index in [-0.39, 0.29) is 22.6 Å². The smallest absolute Gasteiger partial charge is 0.248 e. The van der Waals surface area contributed by atoms with Crippen LogP contribution in [0.25, 0.3) is 11.4 Å². The number of hydrogen-bond acceptors (Lipinski definition) is 7. The van der Waals surface area contributed by atoms with Crippen LogP contribution in [0.5, 0.6) is 0 Å². The van der Waals surface area contributed by atoms with Gasteiger partial charge in [-0.2, -0.15) is 4.31 Å². The van der Waals surface area contributed by atoms with Gasteiger partial charge >= 0.3 is 0 Å². The number of rotatable bonds is 12. The Balaban J connectivity index is 1.83. The van der Waals surface area contributed by atoms with Gasteiger partial charge in [-0.3, -0.25) is 14.2 Å². The van der Waals surface area contributed by atoms with Crippen LogP contribution < -0.4 is 11.1 Å². The van der Waals surface area contributed by atoms with Crippen LogP contribution in [0.15, 0.2) is 58.6 Å². The zero-order chi connectivity index (χ0) is 27.2. The molecule has 0 aliphatic rings. The van der Waals surface area contributed by atoms with Crippen molar-refractivity contribution < 1.29 is 18.0 Å². The molecule has 2 amide bonds. The number of nitrogens with zero attached hydrogens (tertiary/aromatic N) is 4. The summed E-state index contributed by atoms with van der Waals surface area (Å²) in [5.74, 6) is -0.159. The lowest BCUT2D eigenvalue weighted by Gasteiger charge is -2.19. The predicted octanol–water partition coefficient (Wildman–Crippen LogP) is 3.78. The van der Waals surface area contributed by atoms with Crippen LogP contribution in [0.2, 0.25) is 0 Å². The number of thioether (sulfide) groups is 1. The minimum atomic E-state index is -3.63. The Kier molecular flexibility index (Phi) is 9.46. The Hall–Kier alpha value is -3.22. The number of nitrogens with one attached hydrogen (secondary N) is 1. The molecule has 3 rings (SSSR count). The molecule has 0 bridgehead atoms. The number of sulfonamides is 1. The van der Waals surface area contributed by atoms with E-state index in [1.165, 1.54) is 16.1 Å². The zero-order valence-corrected chi connectivity index (χ0v) is 23.0. The van der Waals surface area contributed by atoms with E-state index in [1.807, 2.05) is 18.4 Å². The minimum Gasteiger partial charge on any atom is -0.366 e. The summed E-state index contributed by atoms with van der Waals surface area (Å²) in [7, 11) is -3.63. The Morgan fingerprint density at radius 2 is 1.76 bits per heavy atom. The van der Waals surface area contributed by atoms with Gasteiger partial charge in [-0.15, -0.1) is 10.2 Å². The summed E-state index contributed by atoms with van der Waals surface area (Å²) in [5.41, 5.74) is 6.79. The monoisotopic (exact) mass is 544 g/mol. The Bertz CT molecular complexity index is 1350. The van der Waals surface area contributed by atoms with Crippen molar-refractivity contribution in [3.8, 4) is 11.4 Å². The molecule has 0 radical (unpaired) electrons. The van der Waals surface area contributed by atoms with Crippen molar-refractivity contribution in [1.29, 1.82) is 0 Å². The van der Waals surface area contributed by atoms with E-state index in [2.05, 4.69) is 15.5 Å². The number of nitrogens with two attached hydrogens (primary N) is 1. The number of hydrogen-bond donors (Lipinski definition) is 2. The van der Waals surface area contributed by atoms with E-state index < -0.39 is 15.9 Å². The molecule has 0 saturated carbocycles. The van der Waals surface area contributed by atoms with Crippen LogP contribution in [0, 0.1) is 0 Å². The summed E-state index contributed by atoms with van der Waals surface area (Å²) in [4.78, 5) is 24.0. The van der Waals surface area contributed by atoms with Crippen molar-refractivity contribution >= 4 is 39.3 Å². The number of aromatic nitrogens is 3. The van der Waals surface area contributed by atoms with Gasteiger partial charge in [0.1, 0.15) is 0 Å². The summed E-state index contributed by atoms with van der Waals surface area (Å²) in [5, 5.41) is 12.0. The van der Waals surface area contributed by atoms with E-state index in [1.54, 1.807) is 62.4 Å². The van der Waals surface area contributed by atoms with E-state index in [9.17, 15) is 18.0 Å². The second kappa shape index (κ2) is 12.3. The molecule has 1 aromatic heterocycles. The fourth-order valence-electron chi connectivity index (χ4n) is 3.71. The van der Waals surface area contributed by atoms with Gasteiger partial charge < -0.3 is 11.1 Å². The molecular formula is C25H32N6O4S2. The highest BCUT2D eigenvalue weighted by molar-refractivity contribution is 7.99. The summed E-state index contributed by atoms with van der Waals surface area (Å²) in [6.07, 6.45) is 0.786. The number of carbonyl (C=O) groups is 2. The summed E-state index contributed by atoms with van der Waals surface area (Å²) in [6.45, 7) is 8.43. The highest BCUT2D eigenvalue weighted by Gasteiger charge is 2.24. The molecule has 12 heteroatoms. The van der Waals surface area contributed by atoms with Crippen LogP contribution in [-0.4, -0.2) is 58.1 Å². The van der Waals surface area contributed by atoms with Crippen LogP contribution >= 0.6 is 11.8 Å². The lowest BCUT2D eigenvalue weighted by Crippen LogP contribution is -2.30. The molecule has 0 unspecified atom stereocenters. The van der Waals surface area contributed by atoms with Crippen LogP contribution in [0.3, 0.4) is 0 Å². The fraction of sp³-hybridized carbons (Fsp3) is 0.360. The van der Waals surface area contributed by atoms with Gasteiger partial charge in [0.15, 0.2) is 11.0 Å². The van der Waals surface area contributed by atoms with Gasteiger partial charge in [0, 0.05) is 35.9 Å². The second-order valence-electron chi connectivity index (χ2n) is 8.33. The molecular weight excluding hydrogens is 512 g/mol. The van der Waals surface area contributed by atoms with Gasteiger partial charge in [0.25, 0.3) is 0 Å². The van der Waals surface area contributed by atoms with Gasteiger partial charge in [0.2, 0.25) is 21.8 Å². The molecule has 3 N–H and O–H groups in total. The maximum absolute atomic E-state index is 13.0. The first-order valence-electron chi connectivity index (χ1n) is 12.0. The zero-order valence-electron chi connectivity index (χ0n) is 21.3. The van der Waals surface area contributed by atoms with Crippen molar-refractivity contribution in [1.82, 2.24) is 19.1 Å². The molecule has 0 saturated heterocycles. The molecule has 2 aromatic carbocycles. The first-order chi connectivity index (χ1) is 17.6. The molecule has 198 valence electrons. The number of anilines is 1. The van der Waals surface area contributed by atoms with Crippen LogP contribution in [-0.2, 0) is 14.8 Å². The maximum atomic E-state index is 13.0. The summed E-state index contributed by atoms with van der Waals surface area (Å²) >= 11 is 1.24. The number of benzene rings is 2. The Morgan fingerprint density at radius 3 is 2.35 bits per heavy atom. The standard InChI is InChI=1S/C25H32N6O4S2/c1-5-17(4)31-24(19-9-8-10-21(15-19)37(34,35)30(6-2)7-3)28-29-25(31)36-16-22(32)27-20-13-11-18(12-14-20)23(26)33/h8-15,17H,5-7,16H2,1-4H3,(H2,26,33)(H,27,32)/t17-/m0/s1. The van der Waals surface area contributed by atoms with Gasteiger partial charge in [-0.1, -0.05) is 44.7 Å². The Labute approximate surface area is 221 Å². The molecule has 0 spiro atoms. The van der Waals surface area contributed by atoms with Gasteiger partial charge in [-0.25, -0.2) is 8.42 Å². The Morgan fingerprint density at radius 1 is 1.08 bits per heavy atom.